The average Bonchev–Trinajstić information content (AvgIpc) is 2.42. The molecule has 7 heteroatoms. The fourth-order valence-electron chi connectivity index (χ4n) is 1.59. The van der Waals surface area contributed by atoms with Crippen LogP contribution in [0.5, 0.6) is 0 Å². The van der Waals surface area contributed by atoms with Crippen LogP contribution in [-0.2, 0) is 0 Å². The molecule has 6 nitrogen and oxygen atoms in total. The van der Waals surface area contributed by atoms with Crippen molar-refractivity contribution in [2.24, 2.45) is 0 Å². The van der Waals surface area contributed by atoms with Crippen molar-refractivity contribution >= 4 is 35.1 Å². The normalized spacial score (nSPS) is 10.2. The largest absolute Gasteiger partial charge is 0.354 e. The van der Waals surface area contributed by atoms with Gasteiger partial charge >= 0.3 is 0 Å². The summed E-state index contributed by atoms with van der Waals surface area (Å²) in [7, 11) is 0. The molecular weight excluding hydrogens is 276 g/mol. The van der Waals surface area contributed by atoms with Crippen LogP contribution < -0.4 is 16.0 Å². The Hall–Kier alpha value is -2.08. The van der Waals surface area contributed by atoms with Crippen molar-refractivity contribution in [3.8, 4) is 0 Å². The molecule has 2 aromatic rings. The Labute approximate surface area is 123 Å². The van der Waals surface area contributed by atoms with E-state index in [4.69, 9.17) is 11.6 Å². The lowest BCUT2D eigenvalue weighted by atomic mass is 10.3. The van der Waals surface area contributed by atoms with Crippen molar-refractivity contribution in [1.29, 1.82) is 0 Å². The number of benzene rings is 1. The lowest BCUT2D eigenvalue weighted by Gasteiger charge is -2.10. The first-order chi connectivity index (χ1) is 9.72. The van der Waals surface area contributed by atoms with Crippen molar-refractivity contribution in [2.75, 3.05) is 29.0 Å². The minimum Gasteiger partial charge on any atom is -0.354 e. The van der Waals surface area contributed by atoms with Gasteiger partial charge in [0.05, 0.1) is 10.7 Å². The number of hydrogen-bond donors (Lipinski definition) is 3. The third-order valence-electron chi connectivity index (χ3n) is 2.43. The highest BCUT2D eigenvalue weighted by atomic mass is 35.5. The third kappa shape index (κ3) is 3.71. The maximum absolute atomic E-state index is 6.11. The van der Waals surface area contributed by atoms with Gasteiger partial charge in [-0.05, 0) is 26.0 Å². The Bertz CT molecular complexity index is 550. The van der Waals surface area contributed by atoms with Gasteiger partial charge in [0.1, 0.15) is 0 Å². The zero-order valence-corrected chi connectivity index (χ0v) is 12.2. The Kier molecular flexibility index (Phi) is 4.95. The van der Waals surface area contributed by atoms with Gasteiger partial charge in [-0.3, -0.25) is 0 Å². The fraction of sp³-hybridized carbons (Fsp3) is 0.308. The van der Waals surface area contributed by atoms with Crippen LogP contribution in [0.4, 0.5) is 23.5 Å². The first kappa shape index (κ1) is 14.3. The molecule has 0 spiro atoms. The lowest BCUT2D eigenvalue weighted by molar-refractivity contribution is 1.00. The van der Waals surface area contributed by atoms with Crippen LogP contribution in [0.3, 0.4) is 0 Å². The van der Waals surface area contributed by atoms with Crippen molar-refractivity contribution in [3.63, 3.8) is 0 Å². The van der Waals surface area contributed by atoms with Gasteiger partial charge < -0.3 is 16.0 Å². The fourth-order valence-corrected chi connectivity index (χ4v) is 1.77. The molecule has 1 heterocycles. The van der Waals surface area contributed by atoms with Gasteiger partial charge in [-0.1, -0.05) is 23.7 Å². The van der Waals surface area contributed by atoms with Crippen LogP contribution in [0.15, 0.2) is 24.3 Å². The molecule has 106 valence electrons. The van der Waals surface area contributed by atoms with Gasteiger partial charge in [-0.15, -0.1) is 0 Å². The van der Waals surface area contributed by atoms with E-state index in [-0.39, 0.29) is 0 Å². The van der Waals surface area contributed by atoms with Crippen LogP contribution in [-0.4, -0.2) is 28.0 Å². The summed E-state index contributed by atoms with van der Waals surface area (Å²) in [4.78, 5) is 12.9. The summed E-state index contributed by atoms with van der Waals surface area (Å²) in [6.45, 7) is 5.44. The zero-order chi connectivity index (χ0) is 14.4. The maximum Gasteiger partial charge on any atom is 0.233 e. The van der Waals surface area contributed by atoms with Gasteiger partial charge in [-0.25, -0.2) is 0 Å². The first-order valence-corrected chi connectivity index (χ1v) is 6.86. The molecule has 0 amide bonds. The van der Waals surface area contributed by atoms with E-state index < -0.39 is 0 Å². The molecular formula is C13H17ClN6. The summed E-state index contributed by atoms with van der Waals surface area (Å²) in [6.07, 6.45) is 0. The van der Waals surface area contributed by atoms with Crippen molar-refractivity contribution in [1.82, 2.24) is 15.0 Å². The van der Waals surface area contributed by atoms with E-state index in [1.165, 1.54) is 0 Å². The summed E-state index contributed by atoms with van der Waals surface area (Å²) in [6, 6.07) is 7.44. The molecule has 0 unspecified atom stereocenters. The monoisotopic (exact) mass is 292 g/mol. The van der Waals surface area contributed by atoms with Crippen LogP contribution in [0.2, 0.25) is 5.02 Å². The second kappa shape index (κ2) is 6.91. The number of hydrogen-bond acceptors (Lipinski definition) is 6. The topological polar surface area (TPSA) is 74.8 Å². The SMILES string of the molecule is CCNc1nc(NCC)nc(Nc2ccccc2Cl)n1. The van der Waals surface area contributed by atoms with Crippen LogP contribution in [0.1, 0.15) is 13.8 Å². The van der Waals surface area contributed by atoms with Crippen LogP contribution in [0, 0.1) is 0 Å². The molecule has 1 aromatic carbocycles. The molecule has 0 aliphatic carbocycles. The Morgan fingerprint density at radius 2 is 1.45 bits per heavy atom. The summed E-state index contributed by atoms with van der Waals surface area (Å²) >= 11 is 6.11. The van der Waals surface area contributed by atoms with Crippen molar-refractivity contribution in [2.45, 2.75) is 13.8 Å². The van der Waals surface area contributed by atoms with E-state index in [1.807, 2.05) is 38.1 Å². The molecule has 0 saturated heterocycles. The highest BCUT2D eigenvalue weighted by Gasteiger charge is 2.07. The van der Waals surface area contributed by atoms with Gasteiger partial charge in [0.15, 0.2) is 0 Å². The smallest absolute Gasteiger partial charge is 0.233 e. The minimum absolute atomic E-state index is 0.444. The zero-order valence-electron chi connectivity index (χ0n) is 11.4. The number of nitrogens with one attached hydrogen (secondary N) is 3. The molecule has 2 rings (SSSR count). The molecule has 0 bridgehead atoms. The highest BCUT2D eigenvalue weighted by Crippen LogP contribution is 2.23. The molecule has 0 aliphatic heterocycles. The second-order valence-electron chi connectivity index (χ2n) is 3.97. The number of nitrogens with zero attached hydrogens (tertiary/aromatic N) is 3. The number of aromatic nitrogens is 3. The molecule has 0 aliphatic rings. The summed E-state index contributed by atoms with van der Waals surface area (Å²) in [5.74, 6) is 1.49. The standard InChI is InChI=1S/C13H17ClN6/c1-3-15-11-18-12(16-4-2)20-13(19-11)17-10-8-6-5-7-9(10)14/h5-8H,3-4H2,1-2H3,(H3,15,16,17,18,19,20). The average molecular weight is 293 g/mol. The molecule has 0 saturated carbocycles. The molecule has 0 radical (unpaired) electrons. The third-order valence-corrected chi connectivity index (χ3v) is 2.76. The summed E-state index contributed by atoms with van der Waals surface area (Å²) in [5.41, 5.74) is 0.755. The minimum atomic E-state index is 0.444. The van der Waals surface area contributed by atoms with E-state index >= 15 is 0 Å². The van der Waals surface area contributed by atoms with E-state index in [0.29, 0.717) is 22.9 Å². The van der Waals surface area contributed by atoms with Gasteiger partial charge in [0, 0.05) is 13.1 Å². The van der Waals surface area contributed by atoms with Crippen LogP contribution >= 0.6 is 11.6 Å². The summed E-state index contributed by atoms with van der Waals surface area (Å²) in [5, 5.41) is 9.85. The lowest BCUT2D eigenvalue weighted by Crippen LogP contribution is -2.10. The first-order valence-electron chi connectivity index (χ1n) is 6.48. The quantitative estimate of drug-likeness (QED) is 0.759. The molecule has 1 aromatic heterocycles. The van der Waals surface area contributed by atoms with E-state index in [0.717, 1.165) is 18.8 Å². The Balaban J connectivity index is 2.28. The van der Waals surface area contributed by atoms with Gasteiger partial charge in [0.2, 0.25) is 17.8 Å². The van der Waals surface area contributed by atoms with Crippen LogP contribution in [0.25, 0.3) is 0 Å². The number of rotatable bonds is 6. The Morgan fingerprint density at radius 1 is 0.900 bits per heavy atom. The van der Waals surface area contributed by atoms with Crippen molar-refractivity contribution < 1.29 is 0 Å². The van der Waals surface area contributed by atoms with Gasteiger partial charge in [-0.2, -0.15) is 15.0 Å². The predicted octanol–water partition coefficient (Wildman–Crippen LogP) is 3.13. The van der Waals surface area contributed by atoms with Crippen molar-refractivity contribution in [3.05, 3.63) is 29.3 Å². The molecule has 3 N–H and O–H groups in total. The van der Waals surface area contributed by atoms with Gasteiger partial charge in [0.25, 0.3) is 0 Å². The van der Waals surface area contributed by atoms with E-state index in [9.17, 15) is 0 Å². The number of halogens is 1. The van der Waals surface area contributed by atoms with E-state index in [1.54, 1.807) is 0 Å². The molecule has 0 fully saturated rings. The Morgan fingerprint density at radius 3 is 2.00 bits per heavy atom. The number of anilines is 4. The van der Waals surface area contributed by atoms with E-state index in [2.05, 4.69) is 30.9 Å². The second-order valence-corrected chi connectivity index (χ2v) is 4.38. The maximum atomic E-state index is 6.11. The molecule has 0 atom stereocenters. The summed E-state index contributed by atoms with van der Waals surface area (Å²) < 4.78 is 0. The molecule has 20 heavy (non-hydrogen) atoms. The highest BCUT2D eigenvalue weighted by molar-refractivity contribution is 6.33. The predicted molar refractivity (Wildman–Crippen MR) is 82.9 cm³/mol. The number of para-hydroxylation sites is 1.